The monoisotopic (exact) mass is 244 g/mol. The standard InChI is InChI=1S/C15H20N2O/c1-10(2)12-7-11(8-12)9-17-14-6-4-3-5-13(14)16-15(17)18/h3-6,10-12H,7-9H2,1-2H3,(H,16,18). The van der Waals surface area contributed by atoms with Gasteiger partial charge in [-0.3, -0.25) is 4.57 Å². The molecule has 1 aromatic heterocycles. The van der Waals surface area contributed by atoms with Crippen molar-refractivity contribution < 1.29 is 0 Å². The molecule has 1 aliphatic rings. The second kappa shape index (κ2) is 4.30. The number of aromatic nitrogens is 2. The van der Waals surface area contributed by atoms with Crippen LogP contribution in [-0.4, -0.2) is 9.55 Å². The van der Waals surface area contributed by atoms with E-state index in [9.17, 15) is 4.79 Å². The summed E-state index contributed by atoms with van der Waals surface area (Å²) in [4.78, 5) is 14.9. The van der Waals surface area contributed by atoms with E-state index in [1.165, 1.54) is 12.8 Å². The molecule has 0 atom stereocenters. The molecule has 1 N–H and O–H groups in total. The fraction of sp³-hybridized carbons (Fsp3) is 0.533. The molecule has 3 nitrogen and oxygen atoms in total. The van der Waals surface area contributed by atoms with Crippen molar-refractivity contribution in [2.24, 2.45) is 17.8 Å². The Morgan fingerprint density at radius 3 is 2.78 bits per heavy atom. The summed E-state index contributed by atoms with van der Waals surface area (Å²) in [5.41, 5.74) is 2.02. The minimum atomic E-state index is 0.0317. The molecule has 1 heterocycles. The summed E-state index contributed by atoms with van der Waals surface area (Å²) < 4.78 is 1.90. The number of hydrogen-bond donors (Lipinski definition) is 1. The minimum Gasteiger partial charge on any atom is -0.306 e. The van der Waals surface area contributed by atoms with Crippen LogP contribution in [0.5, 0.6) is 0 Å². The van der Waals surface area contributed by atoms with E-state index in [-0.39, 0.29) is 5.69 Å². The largest absolute Gasteiger partial charge is 0.326 e. The van der Waals surface area contributed by atoms with Crippen LogP contribution in [0.2, 0.25) is 0 Å². The van der Waals surface area contributed by atoms with Crippen LogP contribution in [0.1, 0.15) is 26.7 Å². The molecule has 1 saturated carbocycles. The molecule has 0 bridgehead atoms. The molecule has 96 valence electrons. The highest BCUT2D eigenvalue weighted by Gasteiger charge is 2.31. The van der Waals surface area contributed by atoms with Crippen LogP contribution in [0.15, 0.2) is 29.1 Å². The average Bonchev–Trinajstić information content (AvgIpc) is 2.58. The van der Waals surface area contributed by atoms with Crippen molar-refractivity contribution in [1.82, 2.24) is 9.55 Å². The first-order valence-electron chi connectivity index (χ1n) is 6.82. The van der Waals surface area contributed by atoms with Crippen molar-refractivity contribution in [3.05, 3.63) is 34.7 Å². The fourth-order valence-electron chi connectivity index (χ4n) is 3.03. The highest BCUT2D eigenvalue weighted by molar-refractivity contribution is 5.74. The van der Waals surface area contributed by atoms with Gasteiger partial charge >= 0.3 is 5.69 Å². The third-order valence-electron chi connectivity index (χ3n) is 4.34. The summed E-state index contributed by atoms with van der Waals surface area (Å²) in [6.45, 7) is 5.45. The van der Waals surface area contributed by atoms with Crippen LogP contribution in [0.25, 0.3) is 11.0 Å². The van der Waals surface area contributed by atoms with Crippen LogP contribution in [0.4, 0.5) is 0 Å². The number of para-hydroxylation sites is 2. The molecule has 1 fully saturated rings. The highest BCUT2D eigenvalue weighted by Crippen LogP contribution is 2.39. The number of H-pyrrole nitrogens is 1. The van der Waals surface area contributed by atoms with Gasteiger partial charge in [-0.05, 0) is 42.7 Å². The lowest BCUT2D eigenvalue weighted by Crippen LogP contribution is -2.33. The number of aromatic amines is 1. The second-order valence-corrected chi connectivity index (χ2v) is 5.90. The Morgan fingerprint density at radius 2 is 2.06 bits per heavy atom. The predicted octanol–water partition coefficient (Wildman–Crippen LogP) is 3.01. The predicted molar refractivity (Wildman–Crippen MR) is 73.6 cm³/mol. The Bertz CT molecular complexity index is 602. The van der Waals surface area contributed by atoms with Crippen LogP contribution in [-0.2, 0) is 6.54 Å². The van der Waals surface area contributed by atoms with Gasteiger partial charge in [-0.2, -0.15) is 0 Å². The molecule has 1 aliphatic carbocycles. The lowest BCUT2D eigenvalue weighted by atomic mass is 9.69. The van der Waals surface area contributed by atoms with Crippen LogP contribution in [0, 0.1) is 17.8 Å². The van der Waals surface area contributed by atoms with Crippen molar-refractivity contribution in [1.29, 1.82) is 0 Å². The van der Waals surface area contributed by atoms with Gasteiger partial charge in [0.05, 0.1) is 11.0 Å². The highest BCUT2D eigenvalue weighted by atomic mass is 16.1. The number of imidazole rings is 1. The number of fused-ring (bicyclic) bond motifs is 1. The summed E-state index contributed by atoms with van der Waals surface area (Å²) in [5, 5.41) is 0. The molecule has 3 heteroatoms. The summed E-state index contributed by atoms with van der Waals surface area (Å²) >= 11 is 0. The smallest absolute Gasteiger partial charge is 0.306 e. The Morgan fingerprint density at radius 1 is 1.33 bits per heavy atom. The third kappa shape index (κ3) is 1.88. The van der Waals surface area contributed by atoms with Gasteiger partial charge in [0.1, 0.15) is 0 Å². The summed E-state index contributed by atoms with van der Waals surface area (Å²) in [6, 6.07) is 7.93. The third-order valence-corrected chi connectivity index (χ3v) is 4.34. The maximum Gasteiger partial charge on any atom is 0.326 e. The average molecular weight is 244 g/mol. The molecule has 18 heavy (non-hydrogen) atoms. The summed E-state index contributed by atoms with van der Waals surface area (Å²) in [7, 11) is 0. The number of nitrogens with one attached hydrogen (secondary N) is 1. The molecule has 0 radical (unpaired) electrons. The number of nitrogens with zero attached hydrogens (tertiary/aromatic N) is 1. The van der Waals surface area contributed by atoms with E-state index in [0.29, 0.717) is 5.92 Å². The van der Waals surface area contributed by atoms with E-state index in [1.807, 2.05) is 28.8 Å². The topological polar surface area (TPSA) is 37.8 Å². The maximum absolute atomic E-state index is 11.9. The zero-order chi connectivity index (χ0) is 12.7. The van der Waals surface area contributed by atoms with Crippen LogP contribution < -0.4 is 5.69 Å². The van der Waals surface area contributed by atoms with Crippen molar-refractivity contribution in [3.63, 3.8) is 0 Å². The number of hydrogen-bond acceptors (Lipinski definition) is 1. The zero-order valence-corrected chi connectivity index (χ0v) is 11.0. The number of benzene rings is 1. The van der Waals surface area contributed by atoms with Gasteiger partial charge in [-0.25, -0.2) is 4.79 Å². The minimum absolute atomic E-state index is 0.0317. The van der Waals surface area contributed by atoms with Crippen molar-refractivity contribution in [3.8, 4) is 0 Å². The molecule has 3 rings (SSSR count). The molecule has 1 aromatic carbocycles. The lowest BCUT2D eigenvalue weighted by Gasteiger charge is -2.38. The maximum atomic E-state index is 11.9. The molecule has 0 amide bonds. The zero-order valence-electron chi connectivity index (χ0n) is 11.0. The fourth-order valence-corrected chi connectivity index (χ4v) is 3.03. The van der Waals surface area contributed by atoms with Gasteiger partial charge in [0, 0.05) is 6.54 Å². The summed E-state index contributed by atoms with van der Waals surface area (Å²) in [5.74, 6) is 2.31. The van der Waals surface area contributed by atoms with E-state index in [2.05, 4.69) is 18.8 Å². The van der Waals surface area contributed by atoms with Gasteiger partial charge in [-0.15, -0.1) is 0 Å². The van der Waals surface area contributed by atoms with E-state index in [4.69, 9.17) is 0 Å². The van der Waals surface area contributed by atoms with E-state index in [1.54, 1.807) is 0 Å². The first-order chi connectivity index (χ1) is 8.65. The number of rotatable bonds is 3. The van der Waals surface area contributed by atoms with Crippen LogP contribution in [0.3, 0.4) is 0 Å². The quantitative estimate of drug-likeness (QED) is 0.885. The van der Waals surface area contributed by atoms with Gasteiger partial charge < -0.3 is 4.98 Å². The van der Waals surface area contributed by atoms with Crippen molar-refractivity contribution in [2.45, 2.75) is 33.2 Å². The van der Waals surface area contributed by atoms with E-state index >= 15 is 0 Å². The Hall–Kier alpha value is -1.51. The van der Waals surface area contributed by atoms with Gasteiger partial charge in [0.25, 0.3) is 0 Å². The van der Waals surface area contributed by atoms with Gasteiger partial charge in [-0.1, -0.05) is 26.0 Å². The first-order valence-corrected chi connectivity index (χ1v) is 6.82. The van der Waals surface area contributed by atoms with E-state index < -0.39 is 0 Å². The molecular weight excluding hydrogens is 224 g/mol. The molecule has 0 aliphatic heterocycles. The van der Waals surface area contributed by atoms with Crippen LogP contribution >= 0.6 is 0 Å². The molecule has 0 spiro atoms. The second-order valence-electron chi connectivity index (χ2n) is 5.90. The van der Waals surface area contributed by atoms with Gasteiger partial charge in [0.2, 0.25) is 0 Å². The Balaban J connectivity index is 1.80. The first kappa shape index (κ1) is 11.6. The molecular formula is C15H20N2O. The SMILES string of the molecule is CC(C)C1CC(Cn2c(=O)[nH]c3ccccc32)C1. The summed E-state index contributed by atoms with van der Waals surface area (Å²) in [6.07, 6.45) is 2.53. The van der Waals surface area contributed by atoms with Gasteiger partial charge in [0.15, 0.2) is 0 Å². The Kier molecular flexibility index (Phi) is 2.77. The van der Waals surface area contributed by atoms with E-state index in [0.717, 1.165) is 29.4 Å². The molecule has 0 saturated heterocycles. The lowest BCUT2D eigenvalue weighted by molar-refractivity contribution is 0.126. The molecule has 2 aromatic rings. The normalized spacial score (nSPS) is 23.5. The van der Waals surface area contributed by atoms with Crippen molar-refractivity contribution in [2.75, 3.05) is 0 Å². The molecule has 0 unspecified atom stereocenters. The van der Waals surface area contributed by atoms with Crippen molar-refractivity contribution >= 4 is 11.0 Å². The Labute approximate surface area is 107 Å².